The van der Waals surface area contributed by atoms with Crippen LogP contribution in [-0.4, -0.2) is 11.6 Å². The van der Waals surface area contributed by atoms with Crippen LogP contribution in [0.2, 0.25) is 0 Å². The van der Waals surface area contributed by atoms with E-state index in [0.717, 1.165) is 0 Å². The molecule has 0 atom stereocenters. The number of halogens is 1. The van der Waals surface area contributed by atoms with Crippen LogP contribution >= 0.6 is 15.9 Å². The molecule has 0 N–H and O–H groups in total. The molecule has 1 aliphatic carbocycles. The number of carbonyl (C=O) groups excluding carboxylic acids is 2. The first-order chi connectivity index (χ1) is 7.08. The van der Waals surface area contributed by atoms with E-state index in [9.17, 15) is 9.59 Å². The molecule has 0 spiro atoms. The van der Waals surface area contributed by atoms with Crippen molar-refractivity contribution in [2.24, 2.45) is 0 Å². The van der Waals surface area contributed by atoms with Crippen LogP contribution in [0.15, 0.2) is 21.2 Å². The van der Waals surface area contributed by atoms with Gasteiger partial charge in [-0.2, -0.15) is 15.8 Å². The Kier molecular flexibility index (Phi) is 2.80. The second kappa shape index (κ2) is 3.88. The third-order valence-electron chi connectivity index (χ3n) is 1.69. The van der Waals surface area contributed by atoms with Crippen molar-refractivity contribution in [3.05, 3.63) is 21.2 Å². The number of ketones is 2. The molecule has 0 aromatic carbocycles. The Labute approximate surface area is 92.6 Å². The lowest BCUT2D eigenvalue weighted by atomic mass is 9.91. The Bertz CT molecular complexity index is 564. The maximum atomic E-state index is 11.4. The first-order valence-corrected chi connectivity index (χ1v) is 4.31. The second-order valence-corrected chi connectivity index (χ2v) is 3.23. The smallest absolute Gasteiger partial charge is 0.216 e. The maximum absolute atomic E-state index is 11.4. The topological polar surface area (TPSA) is 106 Å². The van der Waals surface area contributed by atoms with E-state index in [0.29, 0.717) is 0 Å². The molecule has 0 fully saturated rings. The molecule has 5 nitrogen and oxygen atoms in total. The first-order valence-electron chi connectivity index (χ1n) is 3.52. The number of hydrogen-bond acceptors (Lipinski definition) is 5. The van der Waals surface area contributed by atoms with Crippen molar-refractivity contribution in [2.45, 2.75) is 0 Å². The number of hydrogen-bond donors (Lipinski definition) is 0. The molecule has 1 aliphatic rings. The first kappa shape index (κ1) is 10.8. The number of nitriles is 3. The third kappa shape index (κ3) is 1.46. The number of rotatable bonds is 0. The van der Waals surface area contributed by atoms with Gasteiger partial charge in [0.1, 0.15) is 34.9 Å². The van der Waals surface area contributed by atoms with Gasteiger partial charge in [0.2, 0.25) is 11.6 Å². The van der Waals surface area contributed by atoms with E-state index in [1.807, 2.05) is 0 Å². The quantitative estimate of drug-likeness (QED) is 0.596. The molecule has 0 unspecified atom stereocenters. The molecule has 70 valence electrons. The molecule has 6 heteroatoms. The van der Waals surface area contributed by atoms with Gasteiger partial charge in [-0.05, 0) is 15.9 Å². The van der Waals surface area contributed by atoms with Gasteiger partial charge in [0.15, 0.2) is 0 Å². The van der Waals surface area contributed by atoms with E-state index in [2.05, 4.69) is 15.9 Å². The third-order valence-corrected chi connectivity index (χ3v) is 2.44. The maximum Gasteiger partial charge on any atom is 0.216 e. The van der Waals surface area contributed by atoms with E-state index in [1.54, 1.807) is 0 Å². The Morgan fingerprint density at radius 1 is 0.800 bits per heavy atom. The van der Waals surface area contributed by atoms with Gasteiger partial charge in [0.25, 0.3) is 0 Å². The molecular weight excluding hydrogens is 262 g/mol. The van der Waals surface area contributed by atoms with Crippen molar-refractivity contribution in [3.8, 4) is 18.2 Å². The standard InChI is InChI=1S/C9BrN3O2/c10-7-6(3-13)8(14)4(1-11)5(2-12)9(7)15. The summed E-state index contributed by atoms with van der Waals surface area (Å²) in [6, 6.07) is 4.43. The normalized spacial score (nSPS) is 15.9. The summed E-state index contributed by atoms with van der Waals surface area (Å²) in [5.41, 5.74) is -1.56. The average molecular weight is 262 g/mol. The van der Waals surface area contributed by atoms with Crippen molar-refractivity contribution in [1.82, 2.24) is 0 Å². The fourth-order valence-corrected chi connectivity index (χ4v) is 1.46. The molecule has 15 heavy (non-hydrogen) atoms. The summed E-state index contributed by atoms with van der Waals surface area (Å²) in [6.45, 7) is 0. The van der Waals surface area contributed by atoms with Crippen LogP contribution in [0.4, 0.5) is 0 Å². The molecule has 1 rings (SSSR count). The van der Waals surface area contributed by atoms with E-state index < -0.39 is 28.3 Å². The van der Waals surface area contributed by atoms with Crippen molar-refractivity contribution >= 4 is 27.5 Å². The van der Waals surface area contributed by atoms with Crippen LogP contribution in [0, 0.1) is 34.0 Å². The molecule has 0 heterocycles. The summed E-state index contributed by atoms with van der Waals surface area (Å²) < 4.78 is -0.273. The summed E-state index contributed by atoms with van der Waals surface area (Å²) in [7, 11) is 0. The van der Waals surface area contributed by atoms with Gasteiger partial charge in [-0.3, -0.25) is 9.59 Å². The van der Waals surface area contributed by atoms with Crippen LogP contribution in [0.1, 0.15) is 0 Å². The summed E-state index contributed by atoms with van der Waals surface area (Å²) in [4.78, 5) is 22.8. The molecule has 0 amide bonds. The SMILES string of the molecule is N#CC1=C(Br)C(=O)C(C#N)=C(C#N)C1=O. The van der Waals surface area contributed by atoms with Gasteiger partial charge in [-0.15, -0.1) is 0 Å². The molecule has 0 bridgehead atoms. The summed E-state index contributed by atoms with van der Waals surface area (Å²) in [5.74, 6) is -1.71. The Balaban J connectivity index is 3.58. The lowest BCUT2D eigenvalue weighted by molar-refractivity contribution is -0.115. The van der Waals surface area contributed by atoms with Gasteiger partial charge in [-0.25, -0.2) is 0 Å². The van der Waals surface area contributed by atoms with E-state index in [1.165, 1.54) is 18.2 Å². The average Bonchev–Trinajstić information content (AvgIpc) is 2.23. The zero-order chi connectivity index (χ0) is 11.6. The van der Waals surface area contributed by atoms with Gasteiger partial charge in [0, 0.05) is 0 Å². The lowest BCUT2D eigenvalue weighted by Gasteiger charge is -2.08. The Morgan fingerprint density at radius 2 is 1.20 bits per heavy atom. The largest absolute Gasteiger partial charge is 0.287 e. The molecule has 0 aliphatic heterocycles. The highest BCUT2D eigenvalue weighted by molar-refractivity contribution is 9.12. The van der Waals surface area contributed by atoms with E-state index in [4.69, 9.17) is 15.8 Å². The summed E-state index contributed by atoms with van der Waals surface area (Å²) in [6.07, 6.45) is 0. The van der Waals surface area contributed by atoms with Crippen LogP contribution in [0.5, 0.6) is 0 Å². The number of Topliss-reactive ketones (excluding diaryl/α,β-unsaturated/α-hetero) is 2. The highest BCUT2D eigenvalue weighted by atomic mass is 79.9. The van der Waals surface area contributed by atoms with Crippen LogP contribution in [0.25, 0.3) is 0 Å². The van der Waals surface area contributed by atoms with Crippen molar-refractivity contribution in [2.75, 3.05) is 0 Å². The summed E-state index contributed by atoms with van der Waals surface area (Å²) in [5, 5.41) is 25.8. The monoisotopic (exact) mass is 261 g/mol. The Hall–Kier alpha value is -2.23. The zero-order valence-electron chi connectivity index (χ0n) is 7.04. The molecule has 0 radical (unpaired) electrons. The van der Waals surface area contributed by atoms with Crippen molar-refractivity contribution in [3.63, 3.8) is 0 Å². The molecular formula is C9BrN3O2. The number of carbonyl (C=O) groups is 2. The molecule has 0 aromatic rings. The number of allylic oxidation sites excluding steroid dienone is 4. The highest BCUT2D eigenvalue weighted by Gasteiger charge is 2.33. The molecule has 0 saturated carbocycles. The van der Waals surface area contributed by atoms with Gasteiger partial charge in [-0.1, -0.05) is 0 Å². The lowest BCUT2D eigenvalue weighted by Crippen LogP contribution is -2.20. The minimum absolute atomic E-state index is 0.273. The van der Waals surface area contributed by atoms with E-state index >= 15 is 0 Å². The van der Waals surface area contributed by atoms with Gasteiger partial charge in [0.05, 0.1) is 4.48 Å². The Morgan fingerprint density at radius 3 is 1.60 bits per heavy atom. The van der Waals surface area contributed by atoms with Crippen LogP contribution < -0.4 is 0 Å². The fraction of sp³-hybridized carbons (Fsp3) is 0. The minimum Gasteiger partial charge on any atom is -0.287 e. The molecule has 0 aromatic heterocycles. The van der Waals surface area contributed by atoms with Gasteiger partial charge < -0.3 is 0 Å². The molecule has 0 saturated heterocycles. The second-order valence-electron chi connectivity index (χ2n) is 2.43. The minimum atomic E-state index is -0.900. The van der Waals surface area contributed by atoms with Crippen molar-refractivity contribution < 1.29 is 9.59 Å². The van der Waals surface area contributed by atoms with Gasteiger partial charge >= 0.3 is 0 Å². The summed E-state index contributed by atoms with van der Waals surface area (Å²) >= 11 is 2.75. The highest BCUT2D eigenvalue weighted by Crippen LogP contribution is 2.27. The van der Waals surface area contributed by atoms with Crippen LogP contribution in [0.3, 0.4) is 0 Å². The van der Waals surface area contributed by atoms with Crippen LogP contribution in [-0.2, 0) is 9.59 Å². The fourth-order valence-electron chi connectivity index (χ4n) is 0.988. The number of nitrogens with zero attached hydrogens (tertiary/aromatic N) is 3. The predicted molar refractivity (Wildman–Crippen MR) is 49.8 cm³/mol. The van der Waals surface area contributed by atoms with Crippen molar-refractivity contribution in [1.29, 1.82) is 15.8 Å². The van der Waals surface area contributed by atoms with E-state index in [-0.39, 0.29) is 4.48 Å². The zero-order valence-corrected chi connectivity index (χ0v) is 8.62. The predicted octanol–water partition coefficient (Wildman–Crippen LogP) is 0.655.